The minimum Gasteiger partial charge on any atom is -0.497 e. The molecular formula is C21H23N3O2. The van der Waals surface area contributed by atoms with E-state index >= 15 is 0 Å². The van der Waals surface area contributed by atoms with Crippen LogP contribution in [0.25, 0.3) is 10.9 Å². The van der Waals surface area contributed by atoms with Crippen molar-refractivity contribution in [3.8, 4) is 5.75 Å². The van der Waals surface area contributed by atoms with Gasteiger partial charge in [-0.3, -0.25) is 9.78 Å². The summed E-state index contributed by atoms with van der Waals surface area (Å²) in [6, 6.07) is 11.8. The first-order valence-corrected chi connectivity index (χ1v) is 9.04. The highest BCUT2D eigenvalue weighted by Gasteiger charge is 2.31. The van der Waals surface area contributed by atoms with Crippen molar-refractivity contribution >= 4 is 16.8 Å². The summed E-state index contributed by atoms with van der Waals surface area (Å²) in [5.74, 6) is 0.883. The summed E-state index contributed by atoms with van der Waals surface area (Å²) in [7, 11) is 1.69. The van der Waals surface area contributed by atoms with Crippen molar-refractivity contribution in [3.05, 3.63) is 59.5 Å². The van der Waals surface area contributed by atoms with Gasteiger partial charge in [0.2, 0.25) is 0 Å². The maximum absolute atomic E-state index is 12.9. The largest absolute Gasteiger partial charge is 0.497 e. The van der Waals surface area contributed by atoms with Crippen molar-refractivity contribution in [3.63, 3.8) is 0 Å². The summed E-state index contributed by atoms with van der Waals surface area (Å²) in [6.45, 7) is 2.90. The van der Waals surface area contributed by atoms with Gasteiger partial charge in [0, 0.05) is 35.4 Å². The van der Waals surface area contributed by atoms with E-state index in [0.29, 0.717) is 5.69 Å². The van der Waals surface area contributed by atoms with Crippen LogP contribution >= 0.6 is 0 Å². The third kappa shape index (κ3) is 2.94. The van der Waals surface area contributed by atoms with Crippen LogP contribution in [0.1, 0.15) is 34.6 Å². The van der Waals surface area contributed by atoms with Gasteiger partial charge in [0.25, 0.3) is 5.91 Å². The molecule has 2 aromatic heterocycles. The van der Waals surface area contributed by atoms with Crippen LogP contribution in [0.4, 0.5) is 0 Å². The van der Waals surface area contributed by atoms with Crippen molar-refractivity contribution in [2.45, 2.75) is 32.2 Å². The van der Waals surface area contributed by atoms with Gasteiger partial charge >= 0.3 is 0 Å². The first kappa shape index (κ1) is 16.6. The molecule has 0 bridgehead atoms. The van der Waals surface area contributed by atoms with E-state index in [9.17, 15) is 4.79 Å². The minimum absolute atomic E-state index is 0.0307. The number of carbonyl (C=O) groups excluding carboxylic acids is 1. The molecule has 5 nitrogen and oxygen atoms in total. The molecule has 1 unspecified atom stereocenters. The second-order valence-corrected chi connectivity index (χ2v) is 6.85. The molecule has 26 heavy (non-hydrogen) atoms. The number of benzene rings is 1. The first-order chi connectivity index (χ1) is 12.7. The fourth-order valence-corrected chi connectivity index (χ4v) is 3.94. The average molecular weight is 349 g/mol. The van der Waals surface area contributed by atoms with Gasteiger partial charge in [0.15, 0.2) is 0 Å². The number of hydrogen-bond acceptors (Lipinski definition) is 3. The number of pyridine rings is 1. The number of nitrogens with zero attached hydrogens (tertiary/aromatic N) is 2. The van der Waals surface area contributed by atoms with Gasteiger partial charge in [0.1, 0.15) is 11.4 Å². The first-order valence-electron chi connectivity index (χ1n) is 9.04. The van der Waals surface area contributed by atoms with Gasteiger partial charge in [-0.2, -0.15) is 0 Å². The molecule has 134 valence electrons. The number of hydrogen-bond donors (Lipinski definition) is 1. The Bertz CT molecular complexity index is 933. The summed E-state index contributed by atoms with van der Waals surface area (Å²) in [5, 5.41) is 1.18. The van der Waals surface area contributed by atoms with Crippen LogP contribution in [0.15, 0.2) is 42.6 Å². The van der Waals surface area contributed by atoms with Crippen LogP contribution in [0.3, 0.4) is 0 Å². The number of carbonyl (C=O) groups is 1. The molecule has 5 heteroatoms. The maximum Gasteiger partial charge on any atom is 0.272 e. The van der Waals surface area contributed by atoms with Gasteiger partial charge in [-0.25, -0.2) is 0 Å². The van der Waals surface area contributed by atoms with E-state index in [1.165, 1.54) is 10.9 Å². The summed E-state index contributed by atoms with van der Waals surface area (Å²) >= 11 is 0. The lowest BCUT2D eigenvalue weighted by Gasteiger charge is -2.24. The number of nitrogens with one attached hydrogen (secondary N) is 1. The lowest BCUT2D eigenvalue weighted by Crippen LogP contribution is -2.37. The fraction of sp³-hybridized carbons (Fsp3) is 0.333. The van der Waals surface area contributed by atoms with Gasteiger partial charge in [0.05, 0.1) is 7.11 Å². The summed E-state index contributed by atoms with van der Waals surface area (Å²) in [4.78, 5) is 22.5. The van der Waals surface area contributed by atoms with E-state index in [1.807, 2.05) is 23.1 Å². The number of aromatic amines is 1. The number of fused-ring (bicyclic) bond motifs is 1. The van der Waals surface area contributed by atoms with E-state index < -0.39 is 0 Å². The van der Waals surface area contributed by atoms with Crippen LogP contribution in [-0.2, 0) is 6.42 Å². The van der Waals surface area contributed by atoms with Crippen molar-refractivity contribution in [1.82, 2.24) is 14.9 Å². The quantitative estimate of drug-likeness (QED) is 0.781. The Balaban J connectivity index is 1.63. The zero-order valence-corrected chi connectivity index (χ0v) is 15.2. The summed E-state index contributed by atoms with van der Waals surface area (Å²) in [5.41, 5.74) is 4.06. The average Bonchev–Trinajstić information content (AvgIpc) is 3.26. The Morgan fingerprint density at radius 3 is 3.00 bits per heavy atom. The molecule has 1 aromatic carbocycles. The van der Waals surface area contributed by atoms with Gasteiger partial charge in [-0.05, 0) is 62.1 Å². The highest BCUT2D eigenvalue weighted by Crippen LogP contribution is 2.30. The molecule has 1 atom stereocenters. The van der Waals surface area contributed by atoms with Crippen LogP contribution in [-0.4, -0.2) is 40.5 Å². The summed E-state index contributed by atoms with van der Waals surface area (Å²) < 4.78 is 5.39. The normalized spacial score (nSPS) is 17.0. The molecule has 1 aliphatic heterocycles. The molecular weight excluding hydrogens is 326 g/mol. The van der Waals surface area contributed by atoms with Crippen LogP contribution in [0, 0.1) is 6.92 Å². The zero-order chi connectivity index (χ0) is 18.1. The van der Waals surface area contributed by atoms with E-state index in [-0.39, 0.29) is 11.9 Å². The number of methoxy groups -OCH3 is 1. The highest BCUT2D eigenvalue weighted by atomic mass is 16.5. The minimum atomic E-state index is 0.0307. The van der Waals surface area contributed by atoms with Crippen LogP contribution in [0.2, 0.25) is 0 Å². The zero-order valence-electron chi connectivity index (χ0n) is 15.2. The van der Waals surface area contributed by atoms with E-state index in [4.69, 9.17) is 4.74 Å². The Hall–Kier alpha value is -2.82. The molecule has 3 heterocycles. The Kier molecular flexibility index (Phi) is 4.37. The molecule has 4 rings (SSSR count). The predicted molar refractivity (Wildman–Crippen MR) is 102 cm³/mol. The van der Waals surface area contributed by atoms with Crippen molar-refractivity contribution in [2.24, 2.45) is 0 Å². The maximum atomic E-state index is 12.9. The molecule has 1 N–H and O–H groups in total. The second kappa shape index (κ2) is 6.83. The number of aromatic nitrogens is 2. The van der Waals surface area contributed by atoms with Crippen LogP contribution in [0.5, 0.6) is 5.75 Å². The Labute approximate surface area is 153 Å². The molecule has 0 radical (unpaired) electrons. The van der Waals surface area contributed by atoms with Gasteiger partial charge in [-0.1, -0.05) is 6.07 Å². The molecule has 1 saturated heterocycles. The molecule has 0 aliphatic carbocycles. The SMILES string of the molecule is COc1ccc2[nH]c(C)c(CC3CCCN3C(=O)c3ccccn3)c2c1. The van der Waals surface area contributed by atoms with E-state index in [1.54, 1.807) is 19.4 Å². The Morgan fingerprint density at radius 1 is 1.35 bits per heavy atom. The third-order valence-electron chi connectivity index (χ3n) is 5.29. The lowest BCUT2D eigenvalue weighted by atomic mass is 10.0. The number of likely N-dealkylation sites (tertiary alicyclic amines) is 1. The highest BCUT2D eigenvalue weighted by molar-refractivity contribution is 5.93. The fourth-order valence-electron chi connectivity index (χ4n) is 3.94. The smallest absolute Gasteiger partial charge is 0.272 e. The second-order valence-electron chi connectivity index (χ2n) is 6.85. The molecule has 1 aliphatic rings. The monoisotopic (exact) mass is 349 g/mol. The third-order valence-corrected chi connectivity index (χ3v) is 5.29. The summed E-state index contributed by atoms with van der Waals surface area (Å²) in [6.07, 6.45) is 4.58. The number of aryl methyl sites for hydroxylation is 1. The molecule has 1 amide bonds. The van der Waals surface area contributed by atoms with E-state index in [0.717, 1.165) is 42.8 Å². The van der Waals surface area contributed by atoms with Crippen molar-refractivity contribution < 1.29 is 9.53 Å². The van der Waals surface area contributed by atoms with E-state index in [2.05, 4.69) is 29.0 Å². The number of amides is 1. The molecule has 1 fully saturated rings. The molecule has 0 saturated carbocycles. The van der Waals surface area contributed by atoms with Crippen molar-refractivity contribution in [1.29, 1.82) is 0 Å². The number of H-pyrrole nitrogens is 1. The lowest BCUT2D eigenvalue weighted by molar-refractivity contribution is 0.0730. The van der Waals surface area contributed by atoms with Crippen molar-refractivity contribution in [2.75, 3.05) is 13.7 Å². The van der Waals surface area contributed by atoms with Crippen LogP contribution < -0.4 is 4.74 Å². The van der Waals surface area contributed by atoms with Gasteiger partial charge < -0.3 is 14.6 Å². The van der Waals surface area contributed by atoms with Gasteiger partial charge in [-0.15, -0.1) is 0 Å². The topological polar surface area (TPSA) is 58.2 Å². The molecule has 3 aromatic rings. The molecule has 0 spiro atoms. The number of ether oxygens (including phenoxy) is 1. The predicted octanol–water partition coefficient (Wildman–Crippen LogP) is 3.73. The standard InChI is InChI=1S/C21H23N3O2/c1-14-17(18-13-16(26-2)8-9-19(18)23-14)12-15-6-5-11-24(15)21(25)20-7-3-4-10-22-20/h3-4,7-10,13,15,23H,5-6,11-12H2,1-2H3. The number of rotatable bonds is 4. The Morgan fingerprint density at radius 2 is 2.23 bits per heavy atom.